The van der Waals surface area contributed by atoms with Crippen molar-refractivity contribution in [3.63, 3.8) is 0 Å². The molecule has 5 aliphatic rings. The highest BCUT2D eigenvalue weighted by Crippen LogP contribution is 2.75. The Balaban J connectivity index is 1.62. The van der Waals surface area contributed by atoms with Gasteiger partial charge in [-0.2, -0.15) is 0 Å². The molecular formula is C31H48O5. The number of aliphatic hydroxyl groups excluding tert-OH is 2. The molecule has 0 unspecified atom stereocenters. The lowest BCUT2D eigenvalue weighted by Gasteiger charge is -2.70. The second-order valence-corrected chi connectivity index (χ2v) is 15.3. The van der Waals surface area contributed by atoms with Gasteiger partial charge in [0, 0.05) is 5.92 Å². The molecule has 4 saturated carbocycles. The summed E-state index contributed by atoms with van der Waals surface area (Å²) in [5, 5.41) is 21.9. The number of allylic oxidation sites excluding steroid dienone is 2. The molecule has 5 heteroatoms. The highest BCUT2D eigenvalue weighted by molar-refractivity contribution is 5.95. The number of esters is 1. The van der Waals surface area contributed by atoms with Crippen molar-refractivity contribution in [3.05, 3.63) is 11.6 Å². The number of hydrogen-bond acceptors (Lipinski definition) is 5. The van der Waals surface area contributed by atoms with E-state index >= 15 is 0 Å². The third-order valence-corrected chi connectivity index (χ3v) is 13.2. The quantitative estimate of drug-likeness (QED) is 0.466. The van der Waals surface area contributed by atoms with Crippen LogP contribution in [0, 0.1) is 50.2 Å². The summed E-state index contributed by atoms with van der Waals surface area (Å²) in [5.74, 6) is 0.255. The standard InChI is InChI=1S/C31H48O5/c1-26(2)22-9-10-31(7)23(29(22,5)17-21(33)24(26)34)20(32)15-18-19-16-28(4,25(35)36-8)12-11-27(19,3)13-14-30(18,31)6/h15,19,21-24,33-34H,9-14,16-17H2,1-8H3/t19-,21+,22-,23+,24-,27+,28-,29-,30+,31+/m0/s1. The van der Waals surface area contributed by atoms with E-state index in [9.17, 15) is 19.8 Å². The monoisotopic (exact) mass is 500 g/mol. The average Bonchev–Trinajstić information content (AvgIpc) is 2.79. The summed E-state index contributed by atoms with van der Waals surface area (Å²) in [6.45, 7) is 15.5. The Labute approximate surface area is 217 Å². The summed E-state index contributed by atoms with van der Waals surface area (Å²) >= 11 is 0. The number of carbonyl (C=O) groups is 2. The van der Waals surface area contributed by atoms with Gasteiger partial charge in [0.1, 0.15) is 0 Å². The number of methoxy groups -OCH3 is 1. The molecule has 0 aromatic rings. The van der Waals surface area contributed by atoms with Gasteiger partial charge in [0.15, 0.2) is 5.78 Å². The van der Waals surface area contributed by atoms with Crippen LogP contribution in [0.5, 0.6) is 0 Å². The molecule has 5 nitrogen and oxygen atoms in total. The smallest absolute Gasteiger partial charge is 0.311 e. The molecule has 0 spiro atoms. The van der Waals surface area contributed by atoms with E-state index in [2.05, 4.69) is 41.5 Å². The molecule has 36 heavy (non-hydrogen) atoms. The van der Waals surface area contributed by atoms with Crippen LogP contribution >= 0.6 is 0 Å². The van der Waals surface area contributed by atoms with Crippen molar-refractivity contribution < 1.29 is 24.5 Å². The van der Waals surface area contributed by atoms with E-state index in [1.165, 1.54) is 12.7 Å². The van der Waals surface area contributed by atoms with E-state index < -0.39 is 23.0 Å². The molecule has 202 valence electrons. The number of hydrogen-bond donors (Lipinski definition) is 2. The van der Waals surface area contributed by atoms with Crippen LogP contribution in [-0.4, -0.2) is 41.3 Å². The van der Waals surface area contributed by atoms with Crippen molar-refractivity contribution in [2.45, 2.75) is 112 Å². The van der Waals surface area contributed by atoms with Crippen LogP contribution in [0.25, 0.3) is 0 Å². The first kappa shape index (κ1) is 26.4. The van der Waals surface area contributed by atoms with E-state index in [-0.39, 0.29) is 51.2 Å². The second kappa shape index (κ2) is 7.68. The van der Waals surface area contributed by atoms with E-state index in [4.69, 9.17) is 4.74 Å². The van der Waals surface area contributed by atoms with Gasteiger partial charge in [0.05, 0.1) is 24.7 Å². The number of rotatable bonds is 1. The molecule has 0 saturated heterocycles. The summed E-state index contributed by atoms with van der Waals surface area (Å²) in [6, 6.07) is 0. The van der Waals surface area contributed by atoms with Gasteiger partial charge in [0.2, 0.25) is 0 Å². The SMILES string of the molecule is COC(=O)[C@@]1(C)CC[C@]2(C)CC[C@]3(C)C(=CC(=O)[C@@H]4[C@@]5(C)C[C@@H](O)[C@H](O)C(C)(C)[C@@H]5CC[C@]43C)[C@@H]2C1. The highest BCUT2D eigenvalue weighted by Gasteiger charge is 2.71. The van der Waals surface area contributed by atoms with Crippen LogP contribution in [0.2, 0.25) is 0 Å². The molecule has 0 bridgehead atoms. The molecule has 0 aliphatic heterocycles. The predicted molar refractivity (Wildman–Crippen MR) is 139 cm³/mol. The predicted octanol–water partition coefficient (Wildman–Crippen LogP) is 5.47. The first-order valence-corrected chi connectivity index (χ1v) is 14.2. The average molecular weight is 501 g/mol. The summed E-state index contributed by atoms with van der Waals surface area (Å²) < 4.78 is 5.23. The van der Waals surface area contributed by atoms with Crippen molar-refractivity contribution in [2.75, 3.05) is 7.11 Å². The first-order chi connectivity index (χ1) is 16.5. The topological polar surface area (TPSA) is 83.8 Å². The summed E-state index contributed by atoms with van der Waals surface area (Å²) in [7, 11) is 1.48. The lowest BCUT2D eigenvalue weighted by Crippen LogP contribution is -2.68. The zero-order valence-corrected chi connectivity index (χ0v) is 23.7. The summed E-state index contributed by atoms with van der Waals surface area (Å²) in [6.07, 6.45) is 7.48. The Hall–Kier alpha value is -1.20. The summed E-state index contributed by atoms with van der Waals surface area (Å²) in [4.78, 5) is 27.1. The van der Waals surface area contributed by atoms with Gasteiger partial charge in [-0.25, -0.2) is 0 Å². The Morgan fingerprint density at radius 3 is 2.22 bits per heavy atom. The maximum atomic E-state index is 14.3. The molecular weight excluding hydrogens is 452 g/mol. The van der Waals surface area contributed by atoms with Gasteiger partial charge in [-0.3, -0.25) is 9.59 Å². The van der Waals surface area contributed by atoms with Crippen molar-refractivity contribution in [1.29, 1.82) is 0 Å². The zero-order chi connectivity index (χ0) is 26.7. The van der Waals surface area contributed by atoms with Crippen LogP contribution in [0.1, 0.15) is 99.8 Å². The first-order valence-electron chi connectivity index (χ1n) is 14.2. The largest absolute Gasteiger partial charge is 0.469 e. The fraction of sp³-hybridized carbons (Fsp3) is 0.871. The Bertz CT molecular complexity index is 1010. The molecule has 0 aromatic heterocycles. The second-order valence-electron chi connectivity index (χ2n) is 15.3. The zero-order valence-electron chi connectivity index (χ0n) is 23.7. The maximum absolute atomic E-state index is 14.3. The molecule has 0 amide bonds. The van der Waals surface area contributed by atoms with Gasteiger partial charge in [-0.1, -0.05) is 47.1 Å². The molecule has 0 radical (unpaired) electrons. The minimum atomic E-state index is -0.816. The molecule has 4 fully saturated rings. The number of carbonyl (C=O) groups excluding carboxylic acids is 2. The van der Waals surface area contributed by atoms with Gasteiger partial charge in [0.25, 0.3) is 0 Å². The van der Waals surface area contributed by atoms with Crippen LogP contribution in [0.15, 0.2) is 11.6 Å². The van der Waals surface area contributed by atoms with Crippen LogP contribution < -0.4 is 0 Å². The molecule has 5 aliphatic carbocycles. The number of ether oxygens (including phenoxy) is 1. The van der Waals surface area contributed by atoms with Crippen LogP contribution in [0.3, 0.4) is 0 Å². The normalized spacial score (nSPS) is 53.8. The third-order valence-electron chi connectivity index (χ3n) is 13.2. The van der Waals surface area contributed by atoms with Crippen molar-refractivity contribution in [2.24, 2.45) is 50.2 Å². The van der Waals surface area contributed by atoms with Crippen LogP contribution in [0.4, 0.5) is 0 Å². The highest BCUT2D eigenvalue weighted by atomic mass is 16.5. The van der Waals surface area contributed by atoms with Crippen LogP contribution in [-0.2, 0) is 14.3 Å². The minimum Gasteiger partial charge on any atom is -0.469 e. The lowest BCUT2D eigenvalue weighted by atomic mass is 9.33. The van der Waals surface area contributed by atoms with E-state index in [0.717, 1.165) is 44.9 Å². The fourth-order valence-corrected chi connectivity index (χ4v) is 10.8. The molecule has 2 N–H and O–H groups in total. The Morgan fingerprint density at radius 1 is 0.944 bits per heavy atom. The van der Waals surface area contributed by atoms with E-state index in [1.54, 1.807) is 0 Å². The van der Waals surface area contributed by atoms with E-state index in [0.29, 0.717) is 6.42 Å². The fourth-order valence-electron chi connectivity index (χ4n) is 10.8. The number of fused-ring (bicyclic) bond motifs is 7. The number of ketones is 1. The third kappa shape index (κ3) is 3.08. The summed E-state index contributed by atoms with van der Waals surface area (Å²) in [5.41, 5.74) is -0.332. The molecule has 0 aromatic carbocycles. The molecule has 5 rings (SSSR count). The van der Waals surface area contributed by atoms with Gasteiger partial charge in [-0.15, -0.1) is 0 Å². The molecule has 0 heterocycles. The Kier molecular flexibility index (Phi) is 5.64. The van der Waals surface area contributed by atoms with Crippen molar-refractivity contribution in [1.82, 2.24) is 0 Å². The van der Waals surface area contributed by atoms with Gasteiger partial charge < -0.3 is 14.9 Å². The minimum absolute atomic E-state index is 0.0938. The van der Waals surface area contributed by atoms with E-state index in [1.807, 2.05) is 13.0 Å². The Morgan fingerprint density at radius 2 is 1.58 bits per heavy atom. The van der Waals surface area contributed by atoms with Gasteiger partial charge in [-0.05, 0) is 103 Å². The molecule has 10 atom stereocenters. The number of aliphatic hydroxyl groups is 2. The maximum Gasteiger partial charge on any atom is 0.311 e. The lowest BCUT2D eigenvalue weighted by molar-refractivity contribution is -0.227. The van der Waals surface area contributed by atoms with Gasteiger partial charge >= 0.3 is 5.97 Å². The van der Waals surface area contributed by atoms with Crippen molar-refractivity contribution >= 4 is 11.8 Å². The van der Waals surface area contributed by atoms with Crippen molar-refractivity contribution in [3.8, 4) is 0 Å².